The molecule has 1 heterocycles. The van der Waals surface area contributed by atoms with Gasteiger partial charge < -0.3 is 14.7 Å². The summed E-state index contributed by atoms with van der Waals surface area (Å²) < 4.78 is 5.66. The Bertz CT molecular complexity index is 471. The molecule has 21 heavy (non-hydrogen) atoms. The van der Waals surface area contributed by atoms with Crippen LogP contribution in [-0.4, -0.2) is 48.1 Å². The first-order chi connectivity index (χ1) is 10.1. The van der Waals surface area contributed by atoms with Gasteiger partial charge in [-0.25, -0.2) is 0 Å². The van der Waals surface area contributed by atoms with Gasteiger partial charge in [0.1, 0.15) is 5.75 Å². The highest BCUT2D eigenvalue weighted by Gasteiger charge is 2.26. The summed E-state index contributed by atoms with van der Waals surface area (Å²) in [6.45, 7) is 6.47. The van der Waals surface area contributed by atoms with Gasteiger partial charge in [-0.1, -0.05) is 12.1 Å². The van der Waals surface area contributed by atoms with Crippen molar-refractivity contribution in [2.45, 2.75) is 32.8 Å². The van der Waals surface area contributed by atoms with Crippen LogP contribution in [-0.2, 0) is 0 Å². The summed E-state index contributed by atoms with van der Waals surface area (Å²) in [7, 11) is 0. The molecule has 0 aromatic heterocycles. The number of aliphatic hydroxyl groups is 1. The largest absolute Gasteiger partial charge is 0.491 e. The molecule has 1 unspecified atom stereocenters. The van der Waals surface area contributed by atoms with E-state index in [4.69, 9.17) is 9.84 Å². The molecule has 1 aromatic carbocycles. The smallest absolute Gasteiger partial charge is 0.167 e. The van der Waals surface area contributed by atoms with Crippen LogP contribution in [0.4, 0.5) is 0 Å². The number of likely N-dealkylation sites (tertiary alicyclic amines) is 1. The highest BCUT2D eigenvalue weighted by atomic mass is 16.5. The Kier molecular flexibility index (Phi) is 5.76. The summed E-state index contributed by atoms with van der Waals surface area (Å²) in [6, 6.07) is 7.46. The fourth-order valence-corrected chi connectivity index (χ4v) is 2.84. The molecule has 0 bridgehead atoms. The number of β-amino-alcohol motifs (C(OH)–C–C–N with tert-alkyl or cyclic N) is 1. The lowest BCUT2D eigenvalue weighted by Crippen LogP contribution is -2.40. The van der Waals surface area contributed by atoms with Crippen molar-refractivity contribution in [3.8, 4) is 5.75 Å². The molecule has 4 nitrogen and oxygen atoms in total. The van der Waals surface area contributed by atoms with E-state index in [0.717, 1.165) is 37.2 Å². The van der Waals surface area contributed by atoms with Crippen LogP contribution in [0.15, 0.2) is 24.3 Å². The van der Waals surface area contributed by atoms with Crippen molar-refractivity contribution in [2.24, 2.45) is 5.92 Å². The number of ketones is 1. The van der Waals surface area contributed by atoms with Crippen LogP contribution in [0, 0.1) is 5.92 Å². The van der Waals surface area contributed by atoms with E-state index in [-0.39, 0.29) is 24.4 Å². The first-order valence-corrected chi connectivity index (χ1v) is 7.74. The van der Waals surface area contributed by atoms with Gasteiger partial charge in [0.15, 0.2) is 5.78 Å². The molecule has 1 fully saturated rings. The lowest BCUT2D eigenvalue weighted by atomic mass is 9.90. The highest BCUT2D eigenvalue weighted by molar-refractivity contribution is 5.98. The second-order valence-corrected chi connectivity index (χ2v) is 5.92. The van der Waals surface area contributed by atoms with Crippen LogP contribution in [0.25, 0.3) is 0 Å². The van der Waals surface area contributed by atoms with Crippen LogP contribution in [0.3, 0.4) is 0 Å². The summed E-state index contributed by atoms with van der Waals surface area (Å²) >= 11 is 0. The van der Waals surface area contributed by atoms with Crippen LogP contribution in [0.1, 0.15) is 37.0 Å². The summed E-state index contributed by atoms with van der Waals surface area (Å²) in [5.41, 5.74) is 0.726. The predicted molar refractivity (Wildman–Crippen MR) is 82.8 cm³/mol. The number of aliphatic hydroxyl groups excluding tert-OH is 1. The average Bonchev–Trinajstić information content (AvgIpc) is 2.47. The predicted octanol–water partition coefficient (Wildman–Crippen LogP) is 2.36. The van der Waals surface area contributed by atoms with Crippen LogP contribution >= 0.6 is 0 Å². The number of hydrogen-bond acceptors (Lipinski definition) is 4. The number of rotatable bonds is 6. The minimum atomic E-state index is 0.0274. The number of carbonyl (C=O) groups is 1. The number of ether oxygens (including phenoxy) is 1. The number of nitrogens with zero attached hydrogens (tertiary/aromatic N) is 1. The van der Waals surface area contributed by atoms with Crippen LogP contribution in [0.5, 0.6) is 5.75 Å². The number of hydrogen-bond donors (Lipinski definition) is 1. The SMILES string of the molecule is CC(C)Oc1cccc(C(=O)C2CCCN(CCO)C2)c1. The maximum atomic E-state index is 12.6. The van der Waals surface area contributed by atoms with Crippen molar-refractivity contribution in [2.75, 3.05) is 26.2 Å². The standard InChI is InChI=1S/C17H25NO3/c1-13(2)21-16-7-3-5-14(11-16)17(20)15-6-4-8-18(12-15)9-10-19/h3,5,7,11,13,15,19H,4,6,8-10,12H2,1-2H3. The quantitative estimate of drug-likeness (QED) is 0.818. The van der Waals surface area contributed by atoms with Crippen molar-refractivity contribution >= 4 is 5.78 Å². The van der Waals surface area contributed by atoms with E-state index in [1.165, 1.54) is 0 Å². The van der Waals surface area contributed by atoms with Crippen molar-refractivity contribution in [1.29, 1.82) is 0 Å². The third-order valence-corrected chi connectivity index (χ3v) is 3.78. The fraction of sp³-hybridized carbons (Fsp3) is 0.588. The summed E-state index contributed by atoms with van der Waals surface area (Å²) in [6.07, 6.45) is 2.04. The second-order valence-electron chi connectivity index (χ2n) is 5.92. The topological polar surface area (TPSA) is 49.8 Å². The molecular formula is C17H25NO3. The normalized spacial score (nSPS) is 19.7. The maximum absolute atomic E-state index is 12.6. The Morgan fingerprint density at radius 3 is 3.00 bits per heavy atom. The molecule has 0 amide bonds. The lowest BCUT2D eigenvalue weighted by Gasteiger charge is -2.31. The van der Waals surface area contributed by atoms with Gasteiger partial charge in [-0.3, -0.25) is 4.79 Å². The molecular weight excluding hydrogens is 266 g/mol. The van der Waals surface area contributed by atoms with Gasteiger partial charge >= 0.3 is 0 Å². The molecule has 4 heteroatoms. The van der Waals surface area contributed by atoms with E-state index < -0.39 is 0 Å². The van der Waals surface area contributed by atoms with E-state index >= 15 is 0 Å². The van der Waals surface area contributed by atoms with E-state index in [1.54, 1.807) is 0 Å². The van der Waals surface area contributed by atoms with Crippen molar-refractivity contribution in [3.05, 3.63) is 29.8 Å². The Hall–Kier alpha value is -1.39. The van der Waals surface area contributed by atoms with E-state index in [0.29, 0.717) is 6.54 Å². The van der Waals surface area contributed by atoms with Crippen LogP contribution in [0.2, 0.25) is 0 Å². The summed E-state index contributed by atoms with van der Waals surface area (Å²) in [4.78, 5) is 14.8. The Labute approximate surface area is 126 Å². The van der Waals surface area contributed by atoms with Gasteiger partial charge in [0.25, 0.3) is 0 Å². The molecule has 1 aromatic rings. The Morgan fingerprint density at radius 2 is 2.29 bits per heavy atom. The van der Waals surface area contributed by atoms with E-state index in [1.807, 2.05) is 38.1 Å². The number of Topliss-reactive ketones (excluding diaryl/α,β-unsaturated/α-hetero) is 1. The van der Waals surface area contributed by atoms with Crippen LogP contribution < -0.4 is 4.74 Å². The van der Waals surface area contributed by atoms with Crippen molar-refractivity contribution in [3.63, 3.8) is 0 Å². The highest BCUT2D eigenvalue weighted by Crippen LogP contribution is 2.23. The van der Waals surface area contributed by atoms with E-state index in [9.17, 15) is 4.79 Å². The third-order valence-electron chi connectivity index (χ3n) is 3.78. The molecule has 2 rings (SSSR count). The summed E-state index contributed by atoms with van der Waals surface area (Å²) in [5.74, 6) is 0.963. The summed E-state index contributed by atoms with van der Waals surface area (Å²) in [5, 5.41) is 9.04. The zero-order valence-corrected chi connectivity index (χ0v) is 12.9. The van der Waals surface area contributed by atoms with Gasteiger partial charge in [0.2, 0.25) is 0 Å². The first kappa shape index (κ1) is 16.0. The first-order valence-electron chi connectivity index (χ1n) is 7.74. The molecule has 0 radical (unpaired) electrons. The Balaban J connectivity index is 2.05. The fourth-order valence-electron chi connectivity index (χ4n) is 2.84. The minimum absolute atomic E-state index is 0.0274. The Morgan fingerprint density at radius 1 is 1.48 bits per heavy atom. The van der Waals surface area contributed by atoms with Gasteiger partial charge in [-0.05, 0) is 45.4 Å². The molecule has 1 N–H and O–H groups in total. The zero-order valence-electron chi connectivity index (χ0n) is 12.9. The second kappa shape index (κ2) is 7.57. The van der Waals surface area contributed by atoms with Gasteiger partial charge in [0, 0.05) is 24.6 Å². The molecule has 0 spiro atoms. The zero-order chi connectivity index (χ0) is 15.2. The third kappa shape index (κ3) is 4.55. The molecule has 1 aliphatic heterocycles. The van der Waals surface area contributed by atoms with Gasteiger partial charge in [-0.2, -0.15) is 0 Å². The molecule has 116 valence electrons. The number of piperidine rings is 1. The number of carbonyl (C=O) groups excluding carboxylic acids is 1. The van der Waals surface area contributed by atoms with Gasteiger partial charge in [0.05, 0.1) is 12.7 Å². The number of benzene rings is 1. The lowest BCUT2D eigenvalue weighted by molar-refractivity contribution is 0.0793. The molecule has 1 aliphatic rings. The van der Waals surface area contributed by atoms with Crippen molar-refractivity contribution in [1.82, 2.24) is 4.90 Å². The van der Waals surface area contributed by atoms with Gasteiger partial charge in [-0.15, -0.1) is 0 Å². The minimum Gasteiger partial charge on any atom is -0.491 e. The van der Waals surface area contributed by atoms with Crippen molar-refractivity contribution < 1.29 is 14.6 Å². The van der Waals surface area contributed by atoms with E-state index in [2.05, 4.69) is 4.90 Å². The monoisotopic (exact) mass is 291 g/mol. The molecule has 0 saturated carbocycles. The molecule has 1 atom stereocenters. The molecule has 0 aliphatic carbocycles. The maximum Gasteiger partial charge on any atom is 0.167 e. The molecule has 1 saturated heterocycles. The average molecular weight is 291 g/mol.